The molecule has 1 atom stereocenters. The van der Waals surface area contributed by atoms with Crippen LogP contribution >= 0.6 is 0 Å². The minimum Gasteiger partial charge on any atom is -0.466 e. The van der Waals surface area contributed by atoms with Crippen LogP contribution in [0.2, 0.25) is 0 Å². The second kappa shape index (κ2) is 41.1. The van der Waals surface area contributed by atoms with E-state index >= 15 is 0 Å². The number of carbonyl (C=O) groups excluding carboxylic acids is 1. The molecule has 0 fully saturated rings. The third kappa shape index (κ3) is 37.4. The molecule has 0 amide bonds. The van der Waals surface area contributed by atoms with Gasteiger partial charge in [0.05, 0.1) is 12.7 Å². The summed E-state index contributed by atoms with van der Waals surface area (Å²) in [4.78, 5) is 20.8. The van der Waals surface area contributed by atoms with Crippen molar-refractivity contribution in [1.82, 2.24) is 20.6 Å². The average Bonchev–Trinajstić information content (AvgIpc) is 3.15. The van der Waals surface area contributed by atoms with Crippen LogP contribution in [0.25, 0.3) is 0 Å². The number of nitrogens with zero attached hydrogens (tertiary/aromatic N) is 4. The maximum absolute atomic E-state index is 12.1. The van der Waals surface area contributed by atoms with Crippen LogP contribution in [0.5, 0.6) is 0 Å². The van der Waals surface area contributed by atoms with Crippen molar-refractivity contribution in [2.75, 3.05) is 60.3 Å². The zero-order valence-electron chi connectivity index (χ0n) is 36.1. The van der Waals surface area contributed by atoms with Crippen LogP contribution in [0.3, 0.4) is 0 Å². The molecule has 0 aromatic heterocycles. The van der Waals surface area contributed by atoms with Crippen LogP contribution in [0, 0.1) is 0 Å². The number of carbonyl (C=O) groups is 1. The number of guanidine groups is 1. The lowest BCUT2D eigenvalue weighted by molar-refractivity contribution is -0.330. The molecule has 0 saturated carbocycles. The zero-order chi connectivity index (χ0) is 39.7. The fourth-order valence-electron chi connectivity index (χ4n) is 6.64. The number of aliphatic imine (C=N–C) groups is 1. The van der Waals surface area contributed by atoms with E-state index in [1.165, 1.54) is 116 Å². The van der Waals surface area contributed by atoms with E-state index in [1.807, 2.05) is 14.1 Å². The Balaban J connectivity index is 4.32. The number of unbranched alkanes of at least 4 members (excludes halogenated alkanes) is 19. The summed E-state index contributed by atoms with van der Waals surface area (Å²) in [6.07, 6.45) is 33.0. The third-order valence-electron chi connectivity index (χ3n) is 10.0. The molecular formula is C43H89N5O6. The molecule has 0 spiro atoms. The number of esters is 1. The zero-order valence-corrected chi connectivity index (χ0v) is 36.1. The van der Waals surface area contributed by atoms with Crippen molar-refractivity contribution in [3.8, 4) is 0 Å². The van der Waals surface area contributed by atoms with Gasteiger partial charge in [-0.3, -0.25) is 20.2 Å². The SMILES string of the molecule is CCCCCCCCOC(=O)CCCCCCCN(CCCCCCCCOCOC(CCCCC)CCCCCC)CCCN=C(NN(O)O)N(C)C. The van der Waals surface area contributed by atoms with Gasteiger partial charge in [-0.25, -0.2) is 5.43 Å². The molecule has 0 saturated heterocycles. The molecule has 3 N–H and O–H groups in total. The van der Waals surface area contributed by atoms with Crippen LogP contribution in [0.4, 0.5) is 0 Å². The molecule has 0 aliphatic heterocycles. The Morgan fingerprint density at radius 3 is 1.69 bits per heavy atom. The molecule has 1 unspecified atom stereocenters. The monoisotopic (exact) mass is 772 g/mol. The first-order valence-electron chi connectivity index (χ1n) is 22.6. The van der Waals surface area contributed by atoms with E-state index in [0.29, 0.717) is 38.4 Å². The highest BCUT2D eigenvalue weighted by atomic mass is 16.8. The largest absolute Gasteiger partial charge is 0.466 e. The molecule has 11 heteroatoms. The molecule has 0 radical (unpaired) electrons. The summed E-state index contributed by atoms with van der Waals surface area (Å²) in [6.45, 7) is 12.3. The number of hydrogen-bond donors (Lipinski definition) is 3. The number of ether oxygens (including phenoxy) is 3. The van der Waals surface area contributed by atoms with Crippen molar-refractivity contribution >= 4 is 11.9 Å². The van der Waals surface area contributed by atoms with E-state index in [2.05, 4.69) is 36.1 Å². The molecule has 11 nitrogen and oxygen atoms in total. The molecule has 322 valence electrons. The Morgan fingerprint density at radius 1 is 0.611 bits per heavy atom. The Morgan fingerprint density at radius 2 is 1.09 bits per heavy atom. The van der Waals surface area contributed by atoms with Crippen LogP contribution in [-0.4, -0.2) is 104 Å². The summed E-state index contributed by atoms with van der Waals surface area (Å²) >= 11 is 0. The van der Waals surface area contributed by atoms with Gasteiger partial charge in [-0.15, -0.1) is 0 Å². The minimum atomic E-state index is -0.0618. The Labute approximate surface area is 333 Å². The van der Waals surface area contributed by atoms with Gasteiger partial charge in [0, 0.05) is 39.0 Å². The lowest BCUT2D eigenvalue weighted by atomic mass is 10.0. The van der Waals surface area contributed by atoms with Crippen molar-refractivity contribution < 1.29 is 29.4 Å². The van der Waals surface area contributed by atoms with Gasteiger partial charge in [0.15, 0.2) is 0 Å². The average molecular weight is 772 g/mol. The van der Waals surface area contributed by atoms with E-state index in [0.717, 1.165) is 84.0 Å². The lowest BCUT2D eigenvalue weighted by Crippen LogP contribution is -2.44. The summed E-state index contributed by atoms with van der Waals surface area (Å²) in [5.41, 5.74) is 2.41. The Bertz CT molecular complexity index is 819. The predicted octanol–water partition coefficient (Wildman–Crippen LogP) is 10.7. The highest BCUT2D eigenvalue weighted by Gasteiger charge is 2.10. The highest BCUT2D eigenvalue weighted by molar-refractivity contribution is 5.78. The fourth-order valence-corrected chi connectivity index (χ4v) is 6.64. The highest BCUT2D eigenvalue weighted by Crippen LogP contribution is 2.16. The summed E-state index contributed by atoms with van der Waals surface area (Å²) in [5.74, 6) is 0.365. The molecule has 0 bridgehead atoms. The van der Waals surface area contributed by atoms with Crippen LogP contribution in [-0.2, 0) is 19.0 Å². The molecule has 54 heavy (non-hydrogen) atoms. The standard InChI is InChI=1S/C43H89N5O6/c1-6-9-12-14-22-29-39-53-42(49)33-25-18-17-20-27-36-47(37-30-34-44-43(46(4)5)45-48(50)51)35-26-19-15-16-21-28-38-52-40-54-41(31-23-11-8-3)32-24-13-10-7-2/h41,50-51H,6-40H2,1-5H3,(H,44,45). The van der Waals surface area contributed by atoms with Crippen LogP contribution < -0.4 is 5.43 Å². The maximum Gasteiger partial charge on any atom is 0.305 e. The molecule has 0 rings (SSSR count). The summed E-state index contributed by atoms with van der Waals surface area (Å²) in [5, 5.41) is 18.2. The molecule has 0 aromatic carbocycles. The smallest absolute Gasteiger partial charge is 0.305 e. The van der Waals surface area contributed by atoms with Gasteiger partial charge in [-0.05, 0) is 71.0 Å². The van der Waals surface area contributed by atoms with Gasteiger partial charge < -0.3 is 24.0 Å². The van der Waals surface area contributed by atoms with Gasteiger partial charge in [0.25, 0.3) is 0 Å². The van der Waals surface area contributed by atoms with E-state index in [4.69, 9.17) is 24.6 Å². The summed E-state index contributed by atoms with van der Waals surface area (Å²) in [6, 6.07) is 0. The Hall–Kier alpha value is -1.50. The number of nitrogens with one attached hydrogen (secondary N) is 1. The lowest BCUT2D eigenvalue weighted by Gasteiger charge is -2.22. The fraction of sp³-hybridized carbons (Fsp3) is 0.953. The third-order valence-corrected chi connectivity index (χ3v) is 10.0. The molecule has 0 aliphatic carbocycles. The maximum atomic E-state index is 12.1. The molecule has 0 aliphatic rings. The van der Waals surface area contributed by atoms with Crippen LogP contribution in [0.1, 0.15) is 201 Å². The molecule has 0 aromatic rings. The normalized spacial score (nSPS) is 12.6. The predicted molar refractivity (Wildman–Crippen MR) is 224 cm³/mol. The minimum absolute atomic E-state index is 0.0383. The van der Waals surface area contributed by atoms with Crippen molar-refractivity contribution in [3.63, 3.8) is 0 Å². The quantitative estimate of drug-likeness (QED) is 0.0138. The van der Waals surface area contributed by atoms with E-state index in [1.54, 1.807) is 4.90 Å². The second-order valence-electron chi connectivity index (χ2n) is 15.5. The van der Waals surface area contributed by atoms with Crippen LogP contribution in [0.15, 0.2) is 4.99 Å². The first kappa shape index (κ1) is 52.5. The van der Waals surface area contributed by atoms with Crippen molar-refractivity contribution in [2.45, 2.75) is 207 Å². The molecular weight excluding hydrogens is 683 g/mol. The molecule has 0 heterocycles. The van der Waals surface area contributed by atoms with E-state index in [9.17, 15) is 4.79 Å². The van der Waals surface area contributed by atoms with Gasteiger partial charge in [0.1, 0.15) is 6.79 Å². The number of rotatable bonds is 41. The van der Waals surface area contributed by atoms with E-state index < -0.39 is 0 Å². The Kier molecular flexibility index (Phi) is 40.0. The van der Waals surface area contributed by atoms with Gasteiger partial charge in [-0.2, -0.15) is 0 Å². The first-order valence-corrected chi connectivity index (χ1v) is 22.6. The van der Waals surface area contributed by atoms with Crippen molar-refractivity contribution in [1.29, 1.82) is 0 Å². The number of hydrazine groups is 1. The van der Waals surface area contributed by atoms with Gasteiger partial charge in [-0.1, -0.05) is 143 Å². The first-order chi connectivity index (χ1) is 26.3. The summed E-state index contributed by atoms with van der Waals surface area (Å²) < 4.78 is 17.4. The van der Waals surface area contributed by atoms with Gasteiger partial charge in [0.2, 0.25) is 5.96 Å². The second-order valence-corrected chi connectivity index (χ2v) is 15.5. The van der Waals surface area contributed by atoms with E-state index in [-0.39, 0.29) is 11.3 Å². The van der Waals surface area contributed by atoms with Crippen molar-refractivity contribution in [3.05, 3.63) is 0 Å². The number of hydrogen-bond acceptors (Lipinski definition) is 9. The summed E-state index contributed by atoms with van der Waals surface area (Å²) in [7, 11) is 3.62. The van der Waals surface area contributed by atoms with Gasteiger partial charge >= 0.3 is 5.97 Å². The van der Waals surface area contributed by atoms with Crippen molar-refractivity contribution in [2.24, 2.45) is 4.99 Å². The topological polar surface area (TPSA) is 119 Å².